The van der Waals surface area contributed by atoms with Gasteiger partial charge in [-0.3, -0.25) is 0 Å². The number of carboxylic acid groups (broad SMARTS) is 1. The minimum atomic E-state index is -1.11. The van der Waals surface area contributed by atoms with E-state index >= 15 is 0 Å². The topological polar surface area (TPSA) is 78.4 Å². The Kier molecular flexibility index (Phi) is 5.15. The second kappa shape index (κ2) is 7.07. The first-order chi connectivity index (χ1) is 10.1. The van der Waals surface area contributed by atoms with Crippen molar-refractivity contribution < 1.29 is 14.7 Å². The van der Waals surface area contributed by atoms with Crippen molar-refractivity contribution in [3.8, 4) is 0 Å². The van der Waals surface area contributed by atoms with Crippen LogP contribution >= 0.6 is 22.6 Å². The maximum Gasteiger partial charge on any atom is 0.330 e. The van der Waals surface area contributed by atoms with Crippen LogP contribution in [0.5, 0.6) is 0 Å². The summed E-state index contributed by atoms with van der Waals surface area (Å²) in [6.45, 7) is 0. The van der Waals surface area contributed by atoms with Gasteiger partial charge in [-0.25, -0.2) is 9.59 Å². The first-order valence-corrected chi connectivity index (χ1v) is 7.25. The number of nitrogens with one attached hydrogen (secondary N) is 2. The van der Waals surface area contributed by atoms with Crippen molar-refractivity contribution in [3.63, 3.8) is 0 Å². The summed E-state index contributed by atoms with van der Waals surface area (Å²) in [5, 5.41) is 14.3. The molecule has 2 rings (SSSR count). The van der Waals surface area contributed by atoms with Crippen LogP contribution in [-0.2, 0) is 4.79 Å². The molecule has 0 heterocycles. The highest BCUT2D eigenvalue weighted by Gasteiger charge is 2.21. The van der Waals surface area contributed by atoms with E-state index in [4.69, 9.17) is 0 Å². The van der Waals surface area contributed by atoms with E-state index in [0.717, 1.165) is 3.57 Å². The van der Waals surface area contributed by atoms with E-state index in [9.17, 15) is 14.7 Å². The van der Waals surface area contributed by atoms with Gasteiger partial charge in [-0.15, -0.1) is 0 Å². The highest BCUT2D eigenvalue weighted by Crippen LogP contribution is 2.14. The van der Waals surface area contributed by atoms with E-state index in [1.165, 1.54) is 0 Å². The molecule has 5 nitrogen and oxygen atoms in total. The SMILES string of the molecule is O=C(Nc1ccc(I)cc1)NC(C(=O)O)c1ccccc1. The van der Waals surface area contributed by atoms with Crippen LogP contribution in [0.4, 0.5) is 10.5 Å². The van der Waals surface area contributed by atoms with Crippen LogP contribution in [0, 0.1) is 3.57 Å². The zero-order valence-electron chi connectivity index (χ0n) is 10.9. The maximum absolute atomic E-state index is 11.9. The zero-order valence-corrected chi connectivity index (χ0v) is 13.1. The number of rotatable bonds is 4. The Labute approximate surface area is 135 Å². The van der Waals surface area contributed by atoms with E-state index in [1.807, 2.05) is 12.1 Å². The number of carboxylic acids is 1. The molecule has 1 atom stereocenters. The van der Waals surface area contributed by atoms with Crippen molar-refractivity contribution in [1.82, 2.24) is 5.32 Å². The van der Waals surface area contributed by atoms with E-state index in [2.05, 4.69) is 33.2 Å². The van der Waals surface area contributed by atoms with Gasteiger partial charge < -0.3 is 15.7 Å². The Morgan fingerprint density at radius 1 is 1.00 bits per heavy atom. The Morgan fingerprint density at radius 2 is 1.62 bits per heavy atom. The number of carbonyl (C=O) groups is 2. The fraction of sp³-hybridized carbons (Fsp3) is 0.0667. The van der Waals surface area contributed by atoms with Gasteiger partial charge in [0.2, 0.25) is 0 Å². The van der Waals surface area contributed by atoms with Crippen LogP contribution in [0.3, 0.4) is 0 Å². The lowest BCUT2D eigenvalue weighted by atomic mass is 10.1. The quantitative estimate of drug-likeness (QED) is 0.695. The number of halogens is 1. The summed E-state index contributed by atoms with van der Waals surface area (Å²) in [7, 11) is 0. The molecule has 108 valence electrons. The molecule has 0 spiro atoms. The Hall–Kier alpha value is -2.09. The first kappa shape index (κ1) is 15.3. The summed E-state index contributed by atoms with van der Waals surface area (Å²) in [6.07, 6.45) is 0. The molecule has 6 heteroatoms. The first-order valence-electron chi connectivity index (χ1n) is 6.17. The minimum absolute atomic E-state index is 0.516. The second-order valence-corrected chi connectivity index (χ2v) is 5.53. The molecule has 0 radical (unpaired) electrons. The van der Waals surface area contributed by atoms with Crippen LogP contribution < -0.4 is 10.6 Å². The van der Waals surface area contributed by atoms with Gasteiger partial charge in [0.1, 0.15) is 0 Å². The molecule has 2 amide bonds. The van der Waals surface area contributed by atoms with Crippen LogP contribution in [0.1, 0.15) is 11.6 Å². The number of hydrogen-bond donors (Lipinski definition) is 3. The largest absolute Gasteiger partial charge is 0.479 e. The Bertz CT molecular complexity index is 629. The van der Waals surface area contributed by atoms with Crippen molar-refractivity contribution >= 4 is 40.3 Å². The number of carbonyl (C=O) groups excluding carboxylic acids is 1. The highest BCUT2D eigenvalue weighted by molar-refractivity contribution is 14.1. The van der Waals surface area contributed by atoms with Crippen molar-refractivity contribution in [2.75, 3.05) is 5.32 Å². The van der Waals surface area contributed by atoms with Crippen LogP contribution in [0.2, 0.25) is 0 Å². The molecule has 0 bridgehead atoms. The molecule has 0 aliphatic carbocycles. The molecule has 2 aromatic carbocycles. The predicted octanol–water partition coefficient (Wildman–Crippen LogP) is 3.24. The molecule has 0 aromatic heterocycles. The van der Waals surface area contributed by atoms with Crippen LogP contribution in [-0.4, -0.2) is 17.1 Å². The Balaban J connectivity index is 2.05. The summed E-state index contributed by atoms with van der Waals surface area (Å²) < 4.78 is 1.05. The van der Waals surface area contributed by atoms with E-state index < -0.39 is 18.0 Å². The molecule has 0 aliphatic rings. The smallest absolute Gasteiger partial charge is 0.330 e. The number of amides is 2. The van der Waals surface area contributed by atoms with Crippen LogP contribution in [0.15, 0.2) is 54.6 Å². The van der Waals surface area contributed by atoms with Crippen LogP contribution in [0.25, 0.3) is 0 Å². The normalized spacial score (nSPS) is 11.5. The third-order valence-corrected chi connectivity index (χ3v) is 3.48. The third kappa shape index (κ3) is 4.45. The zero-order chi connectivity index (χ0) is 15.2. The monoisotopic (exact) mass is 396 g/mol. The number of aliphatic carboxylic acids is 1. The second-order valence-electron chi connectivity index (χ2n) is 4.29. The van der Waals surface area contributed by atoms with Gasteiger partial charge in [0.15, 0.2) is 6.04 Å². The molecule has 0 saturated carbocycles. The van der Waals surface area contributed by atoms with Gasteiger partial charge in [-0.1, -0.05) is 30.3 Å². The average molecular weight is 396 g/mol. The van der Waals surface area contributed by atoms with Gasteiger partial charge >= 0.3 is 12.0 Å². The predicted molar refractivity (Wildman–Crippen MR) is 88.1 cm³/mol. The molecule has 0 fully saturated rings. The molecular weight excluding hydrogens is 383 g/mol. The van der Waals surface area contributed by atoms with E-state index in [-0.39, 0.29) is 0 Å². The fourth-order valence-corrected chi connectivity index (χ4v) is 2.12. The maximum atomic E-state index is 11.9. The van der Waals surface area contributed by atoms with Crippen molar-refractivity contribution in [1.29, 1.82) is 0 Å². The fourth-order valence-electron chi connectivity index (χ4n) is 1.76. The van der Waals surface area contributed by atoms with Gasteiger partial charge in [0.25, 0.3) is 0 Å². The lowest BCUT2D eigenvalue weighted by molar-refractivity contribution is -0.139. The number of hydrogen-bond acceptors (Lipinski definition) is 2. The van der Waals surface area contributed by atoms with E-state index in [1.54, 1.807) is 42.5 Å². The van der Waals surface area contributed by atoms with Crippen molar-refractivity contribution in [2.45, 2.75) is 6.04 Å². The third-order valence-electron chi connectivity index (χ3n) is 2.76. The molecule has 2 aromatic rings. The number of anilines is 1. The lowest BCUT2D eigenvalue weighted by Gasteiger charge is -2.15. The van der Waals surface area contributed by atoms with Gasteiger partial charge in [0, 0.05) is 9.26 Å². The van der Waals surface area contributed by atoms with Gasteiger partial charge in [-0.05, 0) is 52.4 Å². The lowest BCUT2D eigenvalue weighted by Crippen LogP contribution is -2.36. The molecule has 0 aliphatic heterocycles. The van der Waals surface area contributed by atoms with Crippen molar-refractivity contribution in [3.05, 3.63) is 63.7 Å². The van der Waals surface area contributed by atoms with Gasteiger partial charge in [-0.2, -0.15) is 0 Å². The summed E-state index contributed by atoms with van der Waals surface area (Å²) >= 11 is 2.16. The summed E-state index contributed by atoms with van der Waals surface area (Å²) in [5.41, 5.74) is 1.12. The number of urea groups is 1. The Morgan fingerprint density at radius 3 is 2.19 bits per heavy atom. The van der Waals surface area contributed by atoms with Gasteiger partial charge in [0.05, 0.1) is 0 Å². The number of benzene rings is 2. The summed E-state index contributed by atoms with van der Waals surface area (Å²) in [5.74, 6) is -1.11. The highest BCUT2D eigenvalue weighted by atomic mass is 127. The molecular formula is C15H13IN2O3. The average Bonchev–Trinajstić information content (AvgIpc) is 2.48. The minimum Gasteiger partial charge on any atom is -0.479 e. The molecule has 1 unspecified atom stereocenters. The summed E-state index contributed by atoms with van der Waals surface area (Å²) in [4.78, 5) is 23.2. The summed E-state index contributed by atoms with van der Waals surface area (Å²) in [6, 6.07) is 14.1. The van der Waals surface area contributed by atoms with E-state index in [0.29, 0.717) is 11.3 Å². The standard InChI is InChI=1S/C15H13IN2O3/c16-11-6-8-12(9-7-11)17-15(21)18-13(14(19)20)10-4-2-1-3-5-10/h1-9,13H,(H,19,20)(H2,17,18,21). The molecule has 0 saturated heterocycles. The van der Waals surface area contributed by atoms with Crippen molar-refractivity contribution in [2.24, 2.45) is 0 Å². The molecule has 21 heavy (non-hydrogen) atoms. The molecule has 3 N–H and O–H groups in total.